The van der Waals surface area contributed by atoms with Gasteiger partial charge in [-0.1, -0.05) is 32.1 Å². The first-order valence-electron chi connectivity index (χ1n) is 7.79. The van der Waals surface area contributed by atoms with Crippen LogP contribution in [0.15, 0.2) is 4.99 Å². The summed E-state index contributed by atoms with van der Waals surface area (Å²) in [5, 5.41) is 6.52. The van der Waals surface area contributed by atoms with E-state index in [1.807, 2.05) is 0 Å². The first-order valence-corrected chi connectivity index (χ1v) is 7.79. The van der Waals surface area contributed by atoms with Crippen molar-refractivity contribution in [1.29, 1.82) is 0 Å². The molecule has 1 aliphatic carbocycles. The van der Waals surface area contributed by atoms with Crippen LogP contribution in [-0.4, -0.2) is 32.3 Å². The number of rotatable bonds is 7. The van der Waals surface area contributed by atoms with E-state index in [1.165, 1.54) is 44.9 Å². The number of nitrogens with one attached hydrogen (secondary N) is 2. The Hall–Kier alpha value is -0.800. The minimum absolute atomic E-state index is 0.277. The van der Waals surface area contributed by atoms with E-state index < -0.39 is 0 Å². The number of aliphatic imine (C=N–C) groups is 1. The fourth-order valence-electron chi connectivity index (χ4n) is 2.74. The molecule has 0 aromatic carbocycles. The van der Waals surface area contributed by atoms with Crippen molar-refractivity contribution in [2.75, 3.05) is 20.3 Å². The Morgan fingerprint density at radius 1 is 1.32 bits per heavy atom. The second-order valence-electron chi connectivity index (χ2n) is 5.67. The van der Waals surface area contributed by atoms with Crippen LogP contribution in [0.3, 0.4) is 0 Å². The van der Waals surface area contributed by atoms with Crippen molar-refractivity contribution in [2.24, 2.45) is 10.9 Å². The minimum Gasteiger partial charge on any atom is -0.356 e. The summed E-state index contributed by atoms with van der Waals surface area (Å²) in [5.74, 6) is 1.73. The molecule has 1 unspecified atom stereocenters. The summed E-state index contributed by atoms with van der Waals surface area (Å²) < 4.78 is 12.0. The maximum absolute atomic E-state index is 12.0. The van der Waals surface area contributed by atoms with Gasteiger partial charge >= 0.3 is 0 Å². The average Bonchev–Trinajstić information content (AvgIpc) is 2.45. The van der Waals surface area contributed by atoms with Gasteiger partial charge < -0.3 is 10.6 Å². The van der Waals surface area contributed by atoms with E-state index in [4.69, 9.17) is 0 Å². The fraction of sp³-hybridized carbons (Fsp3) is 0.933. The van der Waals surface area contributed by atoms with Crippen LogP contribution in [-0.2, 0) is 0 Å². The summed E-state index contributed by atoms with van der Waals surface area (Å²) in [6.07, 6.45) is 10.1. The lowest BCUT2D eigenvalue weighted by atomic mass is 9.85. The smallest absolute Gasteiger partial charge is 0.191 e. The molecule has 0 bridgehead atoms. The van der Waals surface area contributed by atoms with Gasteiger partial charge in [0.25, 0.3) is 0 Å². The zero-order valence-electron chi connectivity index (χ0n) is 12.6. The van der Waals surface area contributed by atoms with Crippen LogP contribution in [0.1, 0.15) is 58.3 Å². The number of alkyl halides is 1. The molecule has 0 heterocycles. The van der Waals surface area contributed by atoms with E-state index >= 15 is 0 Å². The molecule has 0 aromatic rings. The van der Waals surface area contributed by atoms with Crippen LogP contribution < -0.4 is 10.6 Å². The van der Waals surface area contributed by atoms with Crippen LogP contribution >= 0.6 is 0 Å². The zero-order valence-corrected chi connectivity index (χ0v) is 12.6. The third-order valence-corrected chi connectivity index (χ3v) is 3.94. The molecule has 4 heteroatoms. The van der Waals surface area contributed by atoms with E-state index in [0.29, 0.717) is 19.0 Å². The molecular weight excluding hydrogens is 241 g/mol. The first kappa shape index (κ1) is 16.3. The summed E-state index contributed by atoms with van der Waals surface area (Å²) in [6.45, 7) is 2.57. The largest absolute Gasteiger partial charge is 0.356 e. The Balaban J connectivity index is 2.15. The van der Waals surface area contributed by atoms with Gasteiger partial charge in [-0.3, -0.25) is 9.38 Å². The molecule has 1 atom stereocenters. The predicted molar refractivity (Wildman–Crippen MR) is 80.4 cm³/mol. The zero-order chi connectivity index (χ0) is 13.9. The Labute approximate surface area is 117 Å². The molecule has 0 amide bonds. The average molecular weight is 271 g/mol. The number of hydrogen-bond acceptors (Lipinski definition) is 1. The van der Waals surface area contributed by atoms with Gasteiger partial charge in [-0.15, -0.1) is 0 Å². The first-order chi connectivity index (χ1) is 9.26. The quantitative estimate of drug-likeness (QED) is 0.423. The molecule has 1 rings (SSSR count). The molecule has 3 nitrogen and oxygen atoms in total. The third kappa shape index (κ3) is 7.38. The van der Waals surface area contributed by atoms with Crippen LogP contribution in [0.5, 0.6) is 0 Å². The van der Waals surface area contributed by atoms with E-state index in [1.54, 1.807) is 7.05 Å². The summed E-state index contributed by atoms with van der Waals surface area (Å²) in [7, 11) is 1.76. The number of hydrogen-bond donors (Lipinski definition) is 2. The van der Waals surface area contributed by atoms with Crippen LogP contribution in [0.4, 0.5) is 4.39 Å². The van der Waals surface area contributed by atoms with E-state index in [2.05, 4.69) is 22.5 Å². The second kappa shape index (κ2) is 10.0. The Bertz CT molecular complexity index is 250. The molecule has 0 aromatic heterocycles. The summed E-state index contributed by atoms with van der Waals surface area (Å²) in [4.78, 5) is 4.17. The van der Waals surface area contributed by atoms with Gasteiger partial charge in [0.15, 0.2) is 5.96 Å². The number of nitrogens with zero attached hydrogens (tertiary/aromatic N) is 1. The molecule has 1 aliphatic rings. The lowest BCUT2D eigenvalue weighted by molar-refractivity contribution is 0.322. The molecule has 0 radical (unpaired) electrons. The van der Waals surface area contributed by atoms with Crippen molar-refractivity contribution in [3.63, 3.8) is 0 Å². The van der Waals surface area contributed by atoms with E-state index in [-0.39, 0.29) is 6.67 Å². The predicted octanol–water partition coefficient (Wildman–Crippen LogP) is 3.26. The third-order valence-electron chi connectivity index (χ3n) is 3.94. The molecule has 0 spiro atoms. The lowest BCUT2D eigenvalue weighted by Crippen LogP contribution is -2.42. The van der Waals surface area contributed by atoms with E-state index in [9.17, 15) is 4.39 Å². The van der Waals surface area contributed by atoms with Gasteiger partial charge in [-0.25, -0.2) is 0 Å². The normalized spacial score (nSPS) is 19.2. The van der Waals surface area contributed by atoms with E-state index in [0.717, 1.165) is 11.9 Å². The molecule has 2 N–H and O–H groups in total. The molecule has 112 valence electrons. The van der Waals surface area contributed by atoms with Crippen LogP contribution in [0, 0.1) is 5.92 Å². The minimum atomic E-state index is -0.277. The lowest BCUT2D eigenvalue weighted by Gasteiger charge is -2.24. The number of guanidine groups is 1. The molecule has 19 heavy (non-hydrogen) atoms. The maximum Gasteiger partial charge on any atom is 0.191 e. The highest BCUT2D eigenvalue weighted by molar-refractivity contribution is 5.79. The van der Waals surface area contributed by atoms with Crippen molar-refractivity contribution in [3.05, 3.63) is 0 Å². The highest BCUT2D eigenvalue weighted by Gasteiger charge is 2.14. The summed E-state index contributed by atoms with van der Waals surface area (Å²) >= 11 is 0. The molecule has 0 saturated heterocycles. The van der Waals surface area contributed by atoms with Crippen molar-refractivity contribution >= 4 is 5.96 Å². The van der Waals surface area contributed by atoms with Crippen molar-refractivity contribution in [3.8, 4) is 0 Å². The molecular formula is C15H30FN3. The number of halogens is 1. The molecule has 0 aliphatic heterocycles. The Kier molecular flexibility index (Phi) is 8.59. The second-order valence-corrected chi connectivity index (χ2v) is 5.67. The topological polar surface area (TPSA) is 36.4 Å². The highest BCUT2D eigenvalue weighted by Crippen LogP contribution is 2.27. The van der Waals surface area contributed by atoms with Gasteiger partial charge in [0.05, 0.1) is 6.67 Å². The van der Waals surface area contributed by atoms with Crippen LogP contribution in [0.2, 0.25) is 0 Å². The molecule has 1 saturated carbocycles. The van der Waals surface area contributed by atoms with Crippen molar-refractivity contribution in [2.45, 2.75) is 64.3 Å². The Morgan fingerprint density at radius 3 is 2.68 bits per heavy atom. The van der Waals surface area contributed by atoms with Gasteiger partial charge in [-0.05, 0) is 32.1 Å². The maximum atomic E-state index is 12.0. The Morgan fingerprint density at radius 2 is 2.05 bits per heavy atom. The van der Waals surface area contributed by atoms with Gasteiger partial charge in [0, 0.05) is 19.6 Å². The monoisotopic (exact) mass is 271 g/mol. The van der Waals surface area contributed by atoms with Crippen molar-refractivity contribution in [1.82, 2.24) is 10.6 Å². The highest BCUT2D eigenvalue weighted by atomic mass is 19.1. The van der Waals surface area contributed by atoms with Gasteiger partial charge in [0.1, 0.15) is 0 Å². The van der Waals surface area contributed by atoms with Gasteiger partial charge in [0.2, 0.25) is 0 Å². The standard InChI is InChI=1S/C15H30FN3/c1-13(9-10-14-7-4-3-5-8-14)19-15(17-2)18-12-6-11-16/h13-14H,3-12H2,1-2H3,(H2,17,18,19). The molecule has 1 fully saturated rings. The van der Waals surface area contributed by atoms with Crippen molar-refractivity contribution < 1.29 is 4.39 Å². The summed E-state index contributed by atoms with van der Waals surface area (Å²) in [6, 6.07) is 0.429. The van der Waals surface area contributed by atoms with Crippen LogP contribution in [0.25, 0.3) is 0 Å². The summed E-state index contributed by atoms with van der Waals surface area (Å²) in [5.41, 5.74) is 0. The SMILES string of the molecule is CN=C(NCCCF)NC(C)CCC1CCCCC1. The van der Waals surface area contributed by atoms with Gasteiger partial charge in [-0.2, -0.15) is 0 Å². The fourth-order valence-corrected chi connectivity index (χ4v) is 2.74.